The van der Waals surface area contributed by atoms with E-state index < -0.39 is 33.0 Å². The molecule has 0 fully saturated rings. The summed E-state index contributed by atoms with van der Waals surface area (Å²) in [4.78, 5) is 11.1. The van der Waals surface area contributed by atoms with Crippen molar-refractivity contribution in [2.45, 2.75) is 11.3 Å². The third kappa shape index (κ3) is 4.39. The minimum atomic E-state index is -4.92. The predicted octanol–water partition coefficient (Wildman–Crippen LogP) is 2.86. The minimum absolute atomic E-state index is 0.153. The fourth-order valence-electron chi connectivity index (χ4n) is 2.37. The molecule has 0 amide bonds. The van der Waals surface area contributed by atoms with Gasteiger partial charge in [-0.15, -0.1) is 13.2 Å². The monoisotopic (exact) mass is 419 g/mol. The zero-order valence-electron chi connectivity index (χ0n) is 13.8. The zero-order chi connectivity index (χ0) is 20.5. The van der Waals surface area contributed by atoms with Crippen LogP contribution in [-0.2, 0) is 10.0 Å². The van der Waals surface area contributed by atoms with E-state index >= 15 is 0 Å². The number of nitrogens with one attached hydrogen (secondary N) is 1. The van der Waals surface area contributed by atoms with Crippen molar-refractivity contribution >= 4 is 21.7 Å². The van der Waals surface area contributed by atoms with Gasteiger partial charge < -0.3 is 19.3 Å². The van der Waals surface area contributed by atoms with E-state index in [1.165, 1.54) is 0 Å². The van der Waals surface area contributed by atoms with Gasteiger partial charge in [0.15, 0.2) is 11.5 Å². The molecule has 0 saturated heterocycles. The standard InChI is InChI=1S/C16H12F3NO7S/c17-16(18,19)27-9-1-3-10(4-2-9)28(23,24)20-12-8-14-13(25-5-6-26-14)7-11(12)15(21)22/h1-4,7-8,20H,5-6H2,(H,21,22). The Bertz CT molecular complexity index is 1000. The Hall–Kier alpha value is -3.15. The highest BCUT2D eigenvalue weighted by molar-refractivity contribution is 7.92. The number of hydrogen-bond donors (Lipinski definition) is 2. The van der Waals surface area contributed by atoms with E-state index in [1.54, 1.807) is 0 Å². The Kier molecular flexibility index (Phi) is 4.98. The molecule has 0 spiro atoms. The van der Waals surface area contributed by atoms with Crippen molar-refractivity contribution in [2.75, 3.05) is 17.9 Å². The second-order valence-electron chi connectivity index (χ2n) is 5.47. The number of rotatable bonds is 5. The summed E-state index contributed by atoms with van der Waals surface area (Å²) in [5, 5.41) is 9.32. The van der Waals surface area contributed by atoms with Crippen LogP contribution in [0.15, 0.2) is 41.3 Å². The summed E-state index contributed by atoms with van der Waals surface area (Å²) in [5.74, 6) is -1.70. The molecular weight excluding hydrogens is 407 g/mol. The molecule has 2 aromatic rings. The molecule has 2 aromatic carbocycles. The van der Waals surface area contributed by atoms with Gasteiger partial charge in [0.2, 0.25) is 0 Å². The quantitative estimate of drug-likeness (QED) is 0.767. The average Bonchev–Trinajstić information content (AvgIpc) is 2.59. The number of fused-ring (bicyclic) bond motifs is 1. The lowest BCUT2D eigenvalue weighted by Crippen LogP contribution is -2.19. The van der Waals surface area contributed by atoms with Gasteiger partial charge in [0.05, 0.1) is 16.1 Å². The molecule has 28 heavy (non-hydrogen) atoms. The van der Waals surface area contributed by atoms with Crippen molar-refractivity contribution in [3.63, 3.8) is 0 Å². The molecule has 8 nitrogen and oxygen atoms in total. The van der Waals surface area contributed by atoms with E-state index in [9.17, 15) is 31.5 Å². The molecule has 2 N–H and O–H groups in total. The van der Waals surface area contributed by atoms with Crippen LogP contribution in [0.4, 0.5) is 18.9 Å². The van der Waals surface area contributed by atoms with E-state index in [1.807, 2.05) is 0 Å². The first-order valence-electron chi connectivity index (χ1n) is 7.61. The summed E-state index contributed by atoms with van der Waals surface area (Å²) in [6.45, 7) is 0.412. The first-order chi connectivity index (χ1) is 13.0. The van der Waals surface area contributed by atoms with Crippen LogP contribution >= 0.6 is 0 Å². The SMILES string of the molecule is O=C(O)c1cc2c(cc1NS(=O)(=O)c1ccc(OC(F)(F)F)cc1)OCCO2. The van der Waals surface area contributed by atoms with E-state index in [4.69, 9.17) is 9.47 Å². The molecule has 1 aliphatic heterocycles. The molecule has 150 valence electrons. The van der Waals surface area contributed by atoms with Crippen LogP contribution in [0, 0.1) is 0 Å². The number of hydrogen-bond acceptors (Lipinski definition) is 6. The van der Waals surface area contributed by atoms with Crippen molar-refractivity contribution in [1.82, 2.24) is 0 Å². The number of benzene rings is 2. The number of carbonyl (C=O) groups is 1. The van der Waals surface area contributed by atoms with Crippen LogP contribution in [0.5, 0.6) is 17.2 Å². The second-order valence-corrected chi connectivity index (χ2v) is 7.15. The maximum absolute atomic E-state index is 12.5. The van der Waals surface area contributed by atoms with Crippen molar-refractivity contribution in [1.29, 1.82) is 0 Å². The van der Waals surface area contributed by atoms with Gasteiger partial charge >= 0.3 is 12.3 Å². The van der Waals surface area contributed by atoms with Crippen LogP contribution in [0.2, 0.25) is 0 Å². The van der Waals surface area contributed by atoms with Crippen LogP contribution in [-0.4, -0.2) is 39.1 Å². The summed E-state index contributed by atoms with van der Waals surface area (Å²) in [7, 11) is -4.30. The Morgan fingerprint density at radius 2 is 1.64 bits per heavy atom. The van der Waals surface area contributed by atoms with Crippen LogP contribution < -0.4 is 18.9 Å². The normalized spacial score (nSPS) is 13.7. The number of carboxylic acids is 1. The Morgan fingerprint density at radius 1 is 1.07 bits per heavy atom. The number of carboxylic acid groups (broad SMARTS) is 1. The van der Waals surface area contributed by atoms with Crippen molar-refractivity contribution in [2.24, 2.45) is 0 Å². The fourth-order valence-corrected chi connectivity index (χ4v) is 3.44. The van der Waals surface area contributed by atoms with Crippen molar-refractivity contribution in [3.8, 4) is 17.2 Å². The Labute approximate surface area is 156 Å². The van der Waals surface area contributed by atoms with Gasteiger partial charge in [0.25, 0.3) is 10.0 Å². The topological polar surface area (TPSA) is 111 Å². The van der Waals surface area contributed by atoms with Gasteiger partial charge in [-0.2, -0.15) is 0 Å². The van der Waals surface area contributed by atoms with Crippen LogP contribution in [0.3, 0.4) is 0 Å². The third-order valence-electron chi connectivity index (χ3n) is 3.52. The average molecular weight is 419 g/mol. The zero-order valence-corrected chi connectivity index (χ0v) is 14.6. The lowest BCUT2D eigenvalue weighted by atomic mass is 10.1. The molecule has 1 aliphatic rings. The van der Waals surface area contributed by atoms with E-state index in [0.29, 0.717) is 0 Å². The third-order valence-corrected chi connectivity index (χ3v) is 4.91. The van der Waals surface area contributed by atoms with Gasteiger partial charge in [-0.1, -0.05) is 0 Å². The van der Waals surface area contributed by atoms with E-state index in [0.717, 1.165) is 36.4 Å². The smallest absolute Gasteiger partial charge is 0.486 e. The number of ether oxygens (including phenoxy) is 3. The first kappa shape index (κ1) is 19.6. The number of anilines is 1. The molecule has 0 aromatic heterocycles. The molecule has 0 aliphatic carbocycles. The van der Waals surface area contributed by atoms with E-state index in [-0.39, 0.29) is 36.0 Å². The minimum Gasteiger partial charge on any atom is -0.486 e. The van der Waals surface area contributed by atoms with Gasteiger partial charge in [-0.05, 0) is 24.3 Å². The first-order valence-corrected chi connectivity index (χ1v) is 9.09. The lowest BCUT2D eigenvalue weighted by molar-refractivity contribution is -0.274. The number of sulfonamides is 1. The Balaban J connectivity index is 1.91. The van der Waals surface area contributed by atoms with Gasteiger partial charge in [0, 0.05) is 12.1 Å². The second kappa shape index (κ2) is 7.11. The van der Waals surface area contributed by atoms with Gasteiger partial charge in [0.1, 0.15) is 19.0 Å². The highest BCUT2D eigenvalue weighted by Gasteiger charge is 2.31. The number of alkyl halides is 3. The largest absolute Gasteiger partial charge is 0.573 e. The summed E-state index contributed by atoms with van der Waals surface area (Å²) in [6.07, 6.45) is -4.92. The highest BCUT2D eigenvalue weighted by atomic mass is 32.2. The van der Waals surface area contributed by atoms with Crippen LogP contribution in [0.1, 0.15) is 10.4 Å². The number of halogens is 3. The summed E-state index contributed by atoms with van der Waals surface area (Å²) in [6, 6.07) is 5.71. The molecule has 3 rings (SSSR count). The van der Waals surface area contributed by atoms with Crippen molar-refractivity contribution in [3.05, 3.63) is 42.0 Å². The fraction of sp³-hybridized carbons (Fsp3) is 0.188. The summed E-state index contributed by atoms with van der Waals surface area (Å²) >= 11 is 0. The molecular formula is C16H12F3NO7S. The summed E-state index contributed by atoms with van der Waals surface area (Å²) < 4.78 is 77.9. The summed E-state index contributed by atoms with van der Waals surface area (Å²) in [5.41, 5.74) is -0.669. The lowest BCUT2D eigenvalue weighted by Gasteiger charge is -2.20. The molecule has 0 unspecified atom stereocenters. The molecule has 0 bridgehead atoms. The Morgan fingerprint density at radius 3 is 2.18 bits per heavy atom. The maximum atomic E-state index is 12.5. The molecule has 1 heterocycles. The molecule has 0 saturated carbocycles. The van der Waals surface area contributed by atoms with Gasteiger partial charge in [-0.25, -0.2) is 13.2 Å². The predicted molar refractivity (Wildman–Crippen MR) is 88.3 cm³/mol. The molecule has 0 atom stereocenters. The number of aromatic carboxylic acids is 1. The molecule has 12 heteroatoms. The van der Waals surface area contributed by atoms with Crippen molar-refractivity contribution < 1.29 is 45.7 Å². The van der Waals surface area contributed by atoms with E-state index in [2.05, 4.69) is 9.46 Å². The maximum Gasteiger partial charge on any atom is 0.573 e. The highest BCUT2D eigenvalue weighted by Crippen LogP contribution is 2.36. The van der Waals surface area contributed by atoms with Crippen LogP contribution in [0.25, 0.3) is 0 Å². The molecule has 0 radical (unpaired) electrons. The van der Waals surface area contributed by atoms with Gasteiger partial charge in [-0.3, -0.25) is 4.72 Å².